The van der Waals surface area contributed by atoms with E-state index in [1.807, 2.05) is 38.1 Å². The van der Waals surface area contributed by atoms with Gasteiger partial charge in [-0.1, -0.05) is 29.8 Å². The van der Waals surface area contributed by atoms with Crippen molar-refractivity contribution in [3.8, 4) is 28.5 Å². The number of aryl methyl sites for hydroxylation is 1. The number of nitrogens with zero attached hydrogens (tertiary/aromatic N) is 2. The highest BCUT2D eigenvalue weighted by Gasteiger charge is 2.53. The quantitative estimate of drug-likeness (QED) is 0.383. The van der Waals surface area contributed by atoms with Crippen molar-refractivity contribution in [3.05, 3.63) is 101 Å². The van der Waals surface area contributed by atoms with Crippen LogP contribution in [0.1, 0.15) is 39.5 Å². The minimum absolute atomic E-state index is 0.0476. The summed E-state index contributed by atoms with van der Waals surface area (Å²) in [5.74, 6) is 1.10. The molecule has 1 aromatic heterocycles. The number of carbonyl (C=O) groups is 2. The topological polar surface area (TPSA) is 98.2 Å². The van der Waals surface area contributed by atoms with Gasteiger partial charge in [0.2, 0.25) is 5.78 Å². The summed E-state index contributed by atoms with van der Waals surface area (Å²) in [5.41, 5.74) is 3.49. The highest BCUT2D eigenvalue weighted by Crippen LogP contribution is 2.48. The molecule has 0 bridgehead atoms. The van der Waals surface area contributed by atoms with Crippen molar-refractivity contribution >= 4 is 17.4 Å². The zero-order valence-electron chi connectivity index (χ0n) is 22.0. The summed E-state index contributed by atoms with van der Waals surface area (Å²) in [6.07, 6.45) is 0.331. The second-order valence-corrected chi connectivity index (χ2v) is 10.3. The molecule has 0 unspecified atom stereocenters. The third-order valence-electron chi connectivity index (χ3n) is 7.84. The van der Waals surface area contributed by atoms with Crippen molar-refractivity contribution in [2.24, 2.45) is 0 Å². The number of carbonyl (C=O) groups excluding carboxylic acids is 2. The first-order chi connectivity index (χ1) is 19.4. The van der Waals surface area contributed by atoms with E-state index >= 15 is 0 Å². The molecule has 1 amide bonds. The SMILES string of the molecule is CCN1C(=O)COc2ccc(C(=O)[C@H]3Oc4ccccc4[C@@]3(O)c3cnc4c(c3)COc3ccc(C)cc3-4)cc21. The molecule has 1 N–H and O–H groups in total. The zero-order chi connectivity index (χ0) is 27.6. The number of Topliss-reactive ketones (excluding diaryl/α,β-unsaturated/α-hetero) is 1. The number of ether oxygens (including phenoxy) is 3. The molecule has 0 fully saturated rings. The van der Waals surface area contributed by atoms with E-state index in [1.165, 1.54) is 0 Å². The Kier molecular flexibility index (Phi) is 5.43. The van der Waals surface area contributed by atoms with Gasteiger partial charge in [0.15, 0.2) is 18.3 Å². The number of pyridine rings is 1. The number of likely N-dealkylation sites (N-methyl/N-ethyl adjacent to an activating group) is 1. The third kappa shape index (κ3) is 3.53. The number of amides is 1. The normalized spacial score (nSPS) is 20.3. The van der Waals surface area contributed by atoms with Crippen molar-refractivity contribution in [2.45, 2.75) is 32.2 Å². The summed E-state index contributed by atoms with van der Waals surface area (Å²) < 4.78 is 17.7. The molecule has 8 nitrogen and oxygen atoms in total. The molecule has 3 aliphatic rings. The van der Waals surface area contributed by atoms with Gasteiger partial charge < -0.3 is 24.2 Å². The van der Waals surface area contributed by atoms with Crippen LogP contribution >= 0.6 is 0 Å². The number of anilines is 1. The average Bonchev–Trinajstić information content (AvgIpc) is 3.29. The molecule has 0 saturated heterocycles. The number of fused-ring (bicyclic) bond motifs is 5. The fraction of sp³-hybridized carbons (Fsp3) is 0.219. The first-order valence-electron chi connectivity index (χ1n) is 13.2. The standard InChI is InChI=1S/C32H26N2O6/c1-3-34-24-14-19(9-11-27(24)39-17-28(34)35)30(36)31-32(37,23-6-4-5-7-26(23)40-31)21-13-20-16-38-25-10-8-18(2)12-22(25)29(20)33-15-21/h4-15,31,37H,3,16-17H2,1-2H3/t31-,32+/m1/s1. The number of benzene rings is 3. The van der Waals surface area contributed by atoms with Gasteiger partial charge in [-0.3, -0.25) is 14.6 Å². The van der Waals surface area contributed by atoms with Crippen LogP contribution in [0.15, 0.2) is 72.9 Å². The second kappa shape index (κ2) is 8.93. The monoisotopic (exact) mass is 534 g/mol. The van der Waals surface area contributed by atoms with Crippen LogP contribution < -0.4 is 19.1 Å². The van der Waals surface area contributed by atoms with E-state index in [0.29, 0.717) is 40.4 Å². The maximum Gasteiger partial charge on any atom is 0.265 e. The van der Waals surface area contributed by atoms with Crippen molar-refractivity contribution in [3.63, 3.8) is 0 Å². The number of aromatic nitrogens is 1. The first kappa shape index (κ1) is 24.4. The average molecular weight is 535 g/mol. The molecular formula is C32H26N2O6. The van der Waals surface area contributed by atoms with Crippen LogP contribution in [0.4, 0.5) is 5.69 Å². The minimum atomic E-state index is -1.81. The van der Waals surface area contributed by atoms with E-state index in [-0.39, 0.29) is 19.1 Å². The molecule has 2 atom stereocenters. The smallest absolute Gasteiger partial charge is 0.265 e. The Morgan fingerprint density at radius 3 is 2.67 bits per heavy atom. The van der Waals surface area contributed by atoms with Crippen molar-refractivity contribution in [1.82, 2.24) is 4.98 Å². The van der Waals surface area contributed by atoms with Crippen LogP contribution in [0.3, 0.4) is 0 Å². The van der Waals surface area contributed by atoms with Gasteiger partial charge in [-0.2, -0.15) is 0 Å². The molecule has 0 radical (unpaired) electrons. The van der Waals surface area contributed by atoms with Gasteiger partial charge in [-0.05, 0) is 56.3 Å². The highest BCUT2D eigenvalue weighted by atomic mass is 16.5. The molecule has 7 rings (SSSR count). The van der Waals surface area contributed by atoms with Crippen LogP contribution in [0.2, 0.25) is 0 Å². The van der Waals surface area contributed by atoms with E-state index in [9.17, 15) is 14.7 Å². The van der Waals surface area contributed by atoms with Gasteiger partial charge in [0.25, 0.3) is 5.91 Å². The second-order valence-electron chi connectivity index (χ2n) is 10.3. The summed E-state index contributed by atoms with van der Waals surface area (Å²) in [6, 6.07) is 19.8. The van der Waals surface area contributed by atoms with Crippen LogP contribution in [0.25, 0.3) is 11.3 Å². The molecule has 8 heteroatoms. The molecule has 0 spiro atoms. The Bertz CT molecular complexity index is 1720. The van der Waals surface area contributed by atoms with E-state index in [1.54, 1.807) is 53.6 Å². The first-order valence-corrected chi connectivity index (χ1v) is 13.2. The largest absolute Gasteiger partial charge is 0.488 e. The zero-order valence-corrected chi connectivity index (χ0v) is 22.0. The fourth-order valence-corrected chi connectivity index (χ4v) is 5.82. The van der Waals surface area contributed by atoms with E-state index in [4.69, 9.17) is 19.2 Å². The number of rotatable bonds is 4. The summed E-state index contributed by atoms with van der Waals surface area (Å²) >= 11 is 0. The van der Waals surface area contributed by atoms with Gasteiger partial charge in [0, 0.05) is 40.6 Å². The van der Waals surface area contributed by atoms with Gasteiger partial charge in [-0.25, -0.2) is 0 Å². The van der Waals surface area contributed by atoms with Crippen LogP contribution in [0.5, 0.6) is 17.2 Å². The predicted molar refractivity (Wildman–Crippen MR) is 147 cm³/mol. The Labute approximate surface area is 230 Å². The van der Waals surface area contributed by atoms with Crippen LogP contribution in [-0.4, -0.2) is 41.0 Å². The number of ketones is 1. The molecule has 3 aliphatic heterocycles. The van der Waals surface area contributed by atoms with E-state index in [0.717, 1.165) is 28.1 Å². The van der Waals surface area contributed by atoms with Crippen molar-refractivity contribution in [1.29, 1.82) is 0 Å². The Morgan fingerprint density at radius 2 is 1.82 bits per heavy atom. The van der Waals surface area contributed by atoms with Crippen LogP contribution in [-0.2, 0) is 17.0 Å². The molecule has 40 heavy (non-hydrogen) atoms. The molecular weight excluding hydrogens is 508 g/mol. The lowest BCUT2D eigenvalue weighted by Crippen LogP contribution is -2.45. The Hall–Kier alpha value is -4.69. The maximum absolute atomic E-state index is 14.1. The molecule has 200 valence electrons. The summed E-state index contributed by atoms with van der Waals surface area (Å²) in [7, 11) is 0. The van der Waals surface area contributed by atoms with Crippen molar-refractivity contribution < 1.29 is 28.9 Å². The van der Waals surface area contributed by atoms with Gasteiger partial charge in [-0.15, -0.1) is 0 Å². The minimum Gasteiger partial charge on any atom is -0.488 e. The van der Waals surface area contributed by atoms with Gasteiger partial charge >= 0.3 is 0 Å². The summed E-state index contributed by atoms with van der Waals surface area (Å²) in [5, 5.41) is 12.4. The molecule has 0 saturated carbocycles. The van der Waals surface area contributed by atoms with Gasteiger partial charge in [0.1, 0.15) is 23.9 Å². The molecule has 3 aromatic carbocycles. The van der Waals surface area contributed by atoms with E-state index in [2.05, 4.69) is 0 Å². The molecule has 4 heterocycles. The maximum atomic E-state index is 14.1. The highest BCUT2D eigenvalue weighted by molar-refractivity contribution is 6.05. The number of para-hydroxylation sites is 1. The lowest BCUT2D eigenvalue weighted by Gasteiger charge is -2.31. The Morgan fingerprint density at radius 1 is 1.02 bits per heavy atom. The predicted octanol–water partition coefficient (Wildman–Crippen LogP) is 4.57. The van der Waals surface area contributed by atoms with Crippen LogP contribution in [0, 0.1) is 6.92 Å². The van der Waals surface area contributed by atoms with Gasteiger partial charge in [0.05, 0.1) is 11.4 Å². The lowest BCUT2D eigenvalue weighted by molar-refractivity contribution is -0.121. The number of hydrogen-bond acceptors (Lipinski definition) is 7. The Balaban J connectivity index is 1.32. The van der Waals surface area contributed by atoms with E-state index < -0.39 is 17.5 Å². The molecule has 4 aromatic rings. The summed E-state index contributed by atoms with van der Waals surface area (Å²) in [6.45, 7) is 4.55. The molecule has 0 aliphatic carbocycles. The lowest BCUT2D eigenvalue weighted by atomic mass is 9.80. The summed E-state index contributed by atoms with van der Waals surface area (Å²) in [4.78, 5) is 32.8. The van der Waals surface area contributed by atoms with Crippen molar-refractivity contribution in [2.75, 3.05) is 18.1 Å². The third-order valence-corrected chi connectivity index (χ3v) is 7.84. The number of hydrogen-bond donors (Lipinski definition) is 1. The fourth-order valence-electron chi connectivity index (χ4n) is 5.82. The number of aliphatic hydroxyl groups is 1.